The molecule has 134 valence electrons. The maximum Gasteiger partial charge on any atom is 0.273 e. The zero-order valence-electron chi connectivity index (χ0n) is 14.8. The van der Waals surface area contributed by atoms with Crippen molar-refractivity contribution in [3.8, 4) is 16.3 Å². The van der Waals surface area contributed by atoms with Crippen LogP contribution < -0.4 is 10.1 Å². The fourth-order valence-corrected chi connectivity index (χ4v) is 3.99. The van der Waals surface area contributed by atoms with Crippen molar-refractivity contribution in [1.82, 2.24) is 15.2 Å². The van der Waals surface area contributed by atoms with Gasteiger partial charge in [-0.15, -0.1) is 11.3 Å². The summed E-state index contributed by atoms with van der Waals surface area (Å²) in [6.07, 6.45) is 2.99. The van der Waals surface area contributed by atoms with Crippen LogP contribution in [0.5, 0.6) is 5.75 Å². The molecule has 6 heteroatoms. The molecule has 0 bridgehead atoms. The van der Waals surface area contributed by atoms with Crippen molar-refractivity contribution in [2.24, 2.45) is 0 Å². The van der Waals surface area contributed by atoms with E-state index in [1.54, 1.807) is 7.11 Å². The minimum absolute atomic E-state index is 0.0600. The van der Waals surface area contributed by atoms with Gasteiger partial charge in [-0.2, -0.15) is 0 Å². The third-order valence-electron chi connectivity index (χ3n) is 4.54. The maximum absolute atomic E-state index is 13.0. The van der Waals surface area contributed by atoms with Crippen LogP contribution >= 0.6 is 11.3 Å². The molecule has 0 unspecified atom stereocenters. The molecule has 0 saturated carbocycles. The Morgan fingerprint density at radius 2 is 2.04 bits per heavy atom. The van der Waals surface area contributed by atoms with Crippen molar-refractivity contribution >= 4 is 17.2 Å². The van der Waals surface area contributed by atoms with E-state index in [0.29, 0.717) is 11.7 Å². The molecular weight excluding hydrogens is 334 g/mol. The molecule has 1 aromatic heterocycles. The van der Waals surface area contributed by atoms with E-state index in [1.165, 1.54) is 11.3 Å². The quantitative estimate of drug-likeness (QED) is 0.859. The zero-order valence-corrected chi connectivity index (χ0v) is 15.6. The van der Waals surface area contributed by atoms with Crippen molar-refractivity contribution in [3.63, 3.8) is 0 Å². The standard InChI is InChI=1S/C19H25N3O2S/c1-3-12-22(15-8-10-20-11-9-15)19(23)17-13-25-18(21-17)14-4-6-16(24-2)7-5-14/h4-7,13,15,20H,3,8-12H2,1-2H3. The maximum atomic E-state index is 13.0. The Kier molecular flexibility index (Phi) is 6.04. The monoisotopic (exact) mass is 359 g/mol. The highest BCUT2D eigenvalue weighted by molar-refractivity contribution is 7.13. The number of amides is 1. The highest BCUT2D eigenvalue weighted by Gasteiger charge is 2.27. The second-order valence-corrected chi connectivity index (χ2v) is 7.10. The van der Waals surface area contributed by atoms with E-state index in [2.05, 4.69) is 17.2 Å². The van der Waals surface area contributed by atoms with Crippen molar-refractivity contribution in [3.05, 3.63) is 35.3 Å². The number of methoxy groups -OCH3 is 1. The number of aromatic nitrogens is 1. The lowest BCUT2D eigenvalue weighted by Gasteiger charge is -2.34. The number of thiazole rings is 1. The second-order valence-electron chi connectivity index (χ2n) is 6.25. The number of rotatable bonds is 6. The summed E-state index contributed by atoms with van der Waals surface area (Å²) in [6.45, 7) is 4.86. The van der Waals surface area contributed by atoms with Gasteiger partial charge in [0.2, 0.25) is 0 Å². The lowest BCUT2D eigenvalue weighted by Crippen LogP contribution is -2.46. The van der Waals surface area contributed by atoms with Crippen LogP contribution in [0, 0.1) is 0 Å². The summed E-state index contributed by atoms with van der Waals surface area (Å²) < 4.78 is 5.19. The lowest BCUT2D eigenvalue weighted by atomic mass is 10.0. The van der Waals surface area contributed by atoms with Gasteiger partial charge in [-0.25, -0.2) is 4.98 Å². The number of benzene rings is 1. The number of ether oxygens (including phenoxy) is 1. The van der Waals surface area contributed by atoms with Crippen molar-refractivity contribution in [2.75, 3.05) is 26.7 Å². The van der Waals surface area contributed by atoms with Gasteiger partial charge in [-0.3, -0.25) is 4.79 Å². The molecule has 1 aromatic carbocycles. The van der Waals surface area contributed by atoms with Gasteiger partial charge in [0.25, 0.3) is 5.91 Å². The number of hydrogen-bond donors (Lipinski definition) is 1. The Morgan fingerprint density at radius 3 is 2.68 bits per heavy atom. The van der Waals surface area contributed by atoms with E-state index in [1.807, 2.05) is 34.5 Å². The van der Waals surface area contributed by atoms with E-state index in [-0.39, 0.29) is 5.91 Å². The first-order valence-electron chi connectivity index (χ1n) is 8.84. The van der Waals surface area contributed by atoms with Crippen molar-refractivity contribution < 1.29 is 9.53 Å². The summed E-state index contributed by atoms with van der Waals surface area (Å²) in [4.78, 5) is 19.6. The molecule has 1 aliphatic rings. The predicted molar refractivity (Wildman–Crippen MR) is 101 cm³/mol. The van der Waals surface area contributed by atoms with Crippen LogP contribution in [0.1, 0.15) is 36.7 Å². The molecule has 0 atom stereocenters. The Hall–Kier alpha value is -1.92. The molecular formula is C19H25N3O2S. The number of nitrogens with zero attached hydrogens (tertiary/aromatic N) is 2. The molecule has 25 heavy (non-hydrogen) atoms. The van der Waals surface area contributed by atoms with Crippen LogP contribution in [0.4, 0.5) is 0 Å². The van der Waals surface area contributed by atoms with Crippen LogP contribution in [0.15, 0.2) is 29.6 Å². The first-order chi connectivity index (χ1) is 12.2. The average molecular weight is 359 g/mol. The molecule has 2 heterocycles. The minimum Gasteiger partial charge on any atom is -0.497 e. The second kappa shape index (κ2) is 8.45. The summed E-state index contributed by atoms with van der Waals surface area (Å²) in [6, 6.07) is 8.10. The summed E-state index contributed by atoms with van der Waals surface area (Å²) in [5.41, 5.74) is 1.57. The molecule has 0 aliphatic carbocycles. The number of carbonyl (C=O) groups is 1. The molecule has 3 rings (SSSR count). The van der Waals surface area contributed by atoms with Crippen LogP contribution in [0.25, 0.3) is 10.6 Å². The van der Waals surface area contributed by atoms with Gasteiger partial charge < -0.3 is 15.0 Å². The van der Waals surface area contributed by atoms with E-state index in [0.717, 1.165) is 55.2 Å². The minimum atomic E-state index is 0.0600. The SMILES string of the molecule is CCCN(C(=O)c1csc(-c2ccc(OC)cc2)n1)C1CCNCC1. The Bertz CT molecular complexity index is 693. The Balaban J connectivity index is 1.77. The Morgan fingerprint density at radius 1 is 1.32 bits per heavy atom. The number of hydrogen-bond acceptors (Lipinski definition) is 5. The first-order valence-corrected chi connectivity index (χ1v) is 9.72. The van der Waals surface area contributed by atoms with Gasteiger partial charge in [-0.05, 0) is 56.6 Å². The summed E-state index contributed by atoms with van der Waals surface area (Å²) in [7, 11) is 1.65. The molecule has 1 N–H and O–H groups in total. The summed E-state index contributed by atoms with van der Waals surface area (Å²) in [5, 5.41) is 6.11. The largest absolute Gasteiger partial charge is 0.497 e. The van der Waals surface area contributed by atoms with Crippen molar-refractivity contribution in [2.45, 2.75) is 32.2 Å². The predicted octanol–water partition coefficient (Wildman–Crippen LogP) is 3.42. The summed E-state index contributed by atoms with van der Waals surface area (Å²) >= 11 is 1.51. The van der Waals surface area contributed by atoms with Gasteiger partial charge in [-0.1, -0.05) is 6.92 Å². The smallest absolute Gasteiger partial charge is 0.273 e. The number of piperidine rings is 1. The fraction of sp³-hybridized carbons (Fsp3) is 0.474. The first kappa shape index (κ1) is 17.9. The van der Waals surface area contributed by atoms with Gasteiger partial charge in [0.1, 0.15) is 16.5 Å². The van der Waals surface area contributed by atoms with E-state index >= 15 is 0 Å². The van der Waals surface area contributed by atoms with E-state index in [9.17, 15) is 4.79 Å². The van der Waals surface area contributed by atoms with E-state index < -0.39 is 0 Å². The van der Waals surface area contributed by atoms with Gasteiger partial charge in [0.05, 0.1) is 7.11 Å². The molecule has 1 fully saturated rings. The molecule has 5 nitrogen and oxygen atoms in total. The van der Waals surface area contributed by atoms with E-state index in [4.69, 9.17) is 4.74 Å². The van der Waals surface area contributed by atoms with Crippen LogP contribution in [-0.4, -0.2) is 48.6 Å². The van der Waals surface area contributed by atoms with Crippen molar-refractivity contribution in [1.29, 1.82) is 0 Å². The van der Waals surface area contributed by atoms with Crippen LogP contribution in [-0.2, 0) is 0 Å². The molecule has 1 aliphatic heterocycles. The Labute approximate surface area is 153 Å². The molecule has 0 spiro atoms. The lowest BCUT2D eigenvalue weighted by molar-refractivity contribution is 0.0637. The van der Waals surface area contributed by atoms with Crippen LogP contribution in [0.2, 0.25) is 0 Å². The topological polar surface area (TPSA) is 54.5 Å². The third kappa shape index (κ3) is 4.19. The third-order valence-corrected chi connectivity index (χ3v) is 5.43. The molecule has 2 aromatic rings. The number of nitrogens with one attached hydrogen (secondary N) is 1. The van der Waals surface area contributed by atoms with Crippen LogP contribution in [0.3, 0.4) is 0 Å². The highest BCUT2D eigenvalue weighted by Crippen LogP contribution is 2.27. The zero-order chi connectivity index (χ0) is 17.6. The number of carbonyl (C=O) groups excluding carboxylic acids is 1. The van der Waals surface area contributed by atoms with Gasteiger partial charge >= 0.3 is 0 Å². The molecule has 1 saturated heterocycles. The highest BCUT2D eigenvalue weighted by atomic mass is 32.1. The fourth-order valence-electron chi connectivity index (χ4n) is 3.19. The molecule has 0 radical (unpaired) electrons. The normalized spacial score (nSPS) is 15.1. The average Bonchev–Trinajstić information content (AvgIpc) is 3.16. The summed E-state index contributed by atoms with van der Waals surface area (Å²) in [5.74, 6) is 0.876. The van der Waals surface area contributed by atoms with Gasteiger partial charge in [0.15, 0.2) is 0 Å². The van der Waals surface area contributed by atoms with Gasteiger partial charge in [0, 0.05) is 23.5 Å². The molecule has 1 amide bonds.